The van der Waals surface area contributed by atoms with Crippen LogP contribution in [-0.2, 0) is 4.74 Å². The van der Waals surface area contributed by atoms with E-state index in [0.29, 0.717) is 17.6 Å². The largest absolute Gasteiger partial charge is 0.370 e. The zero-order valence-corrected chi connectivity index (χ0v) is 9.59. The van der Waals surface area contributed by atoms with E-state index >= 15 is 0 Å². The highest BCUT2D eigenvalue weighted by Crippen LogP contribution is 2.47. The number of fused-ring (bicyclic) bond motifs is 1. The van der Waals surface area contributed by atoms with Crippen molar-refractivity contribution in [1.82, 2.24) is 0 Å². The van der Waals surface area contributed by atoms with Crippen molar-refractivity contribution in [2.24, 2.45) is 11.3 Å². The number of rotatable bonds is 2. The van der Waals surface area contributed by atoms with Crippen LogP contribution in [0.2, 0.25) is 6.04 Å². The Kier molecular flexibility index (Phi) is 2.08. The molecule has 69 valence electrons. The van der Waals surface area contributed by atoms with Crippen LogP contribution in [0.5, 0.6) is 0 Å². The first-order valence-electron chi connectivity index (χ1n) is 5.08. The summed E-state index contributed by atoms with van der Waals surface area (Å²) in [6, 6.07) is 1.33. The van der Waals surface area contributed by atoms with Crippen LogP contribution in [0.15, 0.2) is 0 Å². The van der Waals surface area contributed by atoms with Crippen LogP contribution in [0.25, 0.3) is 0 Å². The van der Waals surface area contributed by atoms with Gasteiger partial charge >= 0.3 is 0 Å². The summed E-state index contributed by atoms with van der Waals surface area (Å²) in [7, 11) is 2.11. The van der Waals surface area contributed by atoms with E-state index in [9.17, 15) is 0 Å². The molecule has 2 aliphatic rings. The maximum Gasteiger partial charge on any atom is 0.0844 e. The lowest BCUT2D eigenvalue weighted by molar-refractivity contribution is 0.191. The standard InChI is InChI=1S/C10H19OSi/c1-10(2,6-12)7-3-4-8-9(5-7)11-8/h7-9H,3-6,12H2,1-2H3. The first kappa shape index (κ1) is 8.76. The highest BCUT2D eigenvalue weighted by Gasteiger charge is 2.46. The summed E-state index contributed by atoms with van der Waals surface area (Å²) in [6.45, 7) is 4.82. The summed E-state index contributed by atoms with van der Waals surface area (Å²) in [5.41, 5.74) is 0.551. The SMILES string of the molecule is CC(C)(C[SiH2])C1CCC2OC2C1. The third kappa shape index (κ3) is 1.47. The molecule has 0 N–H and O–H groups in total. The fraction of sp³-hybridized carbons (Fsp3) is 1.00. The van der Waals surface area contributed by atoms with E-state index in [0.717, 1.165) is 5.92 Å². The molecule has 0 aromatic rings. The summed E-state index contributed by atoms with van der Waals surface area (Å²) < 4.78 is 5.55. The molecular weight excluding hydrogens is 164 g/mol. The van der Waals surface area contributed by atoms with E-state index in [1.54, 1.807) is 0 Å². The van der Waals surface area contributed by atoms with Gasteiger partial charge in [0.05, 0.1) is 12.2 Å². The van der Waals surface area contributed by atoms with Crippen LogP contribution in [0.1, 0.15) is 33.1 Å². The minimum Gasteiger partial charge on any atom is -0.370 e. The summed E-state index contributed by atoms with van der Waals surface area (Å²) in [5, 5.41) is 0. The Morgan fingerprint density at radius 1 is 1.33 bits per heavy atom. The molecule has 0 aromatic carbocycles. The zero-order chi connectivity index (χ0) is 8.77. The van der Waals surface area contributed by atoms with Crippen molar-refractivity contribution in [1.29, 1.82) is 0 Å². The van der Waals surface area contributed by atoms with Crippen LogP contribution in [-0.4, -0.2) is 22.5 Å². The van der Waals surface area contributed by atoms with E-state index < -0.39 is 0 Å². The molecule has 0 bridgehead atoms. The first-order valence-corrected chi connectivity index (χ1v) is 6.08. The normalized spacial score (nSPS) is 40.8. The van der Waals surface area contributed by atoms with Gasteiger partial charge in [0.15, 0.2) is 0 Å². The summed E-state index contributed by atoms with van der Waals surface area (Å²) in [5.74, 6) is 0.916. The number of hydrogen-bond acceptors (Lipinski definition) is 1. The van der Waals surface area contributed by atoms with Crippen molar-refractivity contribution < 1.29 is 4.74 Å². The van der Waals surface area contributed by atoms with Crippen LogP contribution >= 0.6 is 0 Å². The molecule has 12 heavy (non-hydrogen) atoms. The van der Waals surface area contributed by atoms with Crippen molar-refractivity contribution in [3.8, 4) is 0 Å². The van der Waals surface area contributed by atoms with Crippen molar-refractivity contribution in [2.45, 2.75) is 51.4 Å². The number of epoxide rings is 1. The molecule has 3 unspecified atom stereocenters. The molecule has 0 aromatic heterocycles. The second kappa shape index (κ2) is 2.84. The van der Waals surface area contributed by atoms with E-state index in [4.69, 9.17) is 4.74 Å². The van der Waals surface area contributed by atoms with E-state index in [2.05, 4.69) is 24.1 Å². The van der Waals surface area contributed by atoms with Gasteiger partial charge in [-0.3, -0.25) is 0 Å². The Hall–Kier alpha value is 0.177. The van der Waals surface area contributed by atoms with Crippen LogP contribution in [0.4, 0.5) is 0 Å². The molecule has 1 nitrogen and oxygen atoms in total. The summed E-state index contributed by atoms with van der Waals surface area (Å²) >= 11 is 0. The molecule has 1 radical (unpaired) electrons. The Bertz CT molecular complexity index is 179. The highest BCUT2D eigenvalue weighted by molar-refractivity contribution is 6.08. The summed E-state index contributed by atoms with van der Waals surface area (Å²) in [6.07, 6.45) is 5.36. The van der Waals surface area contributed by atoms with Gasteiger partial charge in [-0.15, -0.1) is 0 Å². The predicted molar refractivity (Wildman–Crippen MR) is 53.1 cm³/mol. The average Bonchev–Trinajstić information content (AvgIpc) is 2.81. The minimum atomic E-state index is 0.551. The Morgan fingerprint density at radius 2 is 2.08 bits per heavy atom. The topological polar surface area (TPSA) is 12.5 Å². The maximum absolute atomic E-state index is 5.55. The fourth-order valence-electron chi connectivity index (χ4n) is 2.32. The lowest BCUT2D eigenvalue weighted by Gasteiger charge is -2.35. The van der Waals surface area contributed by atoms with Crippen LogP contribution < -0.4 is 0 Å². The van der Waals surface area contributed by atoms with Crippen LogP contribution in [0.3, 0.4) is 0 Å². The quantitative estimate of drug-likeness (QED) is 0.468. The van der Waals surface area contributed by atoms with Crippen molar-refractivity contribution in [3.63, 3.8) is 0 Å². The molecule has 2 heteroatoms. The molecule has 1 saturated carbocycles. The Balaban J connectivity index is 1.95. The van der Waals surface area contributed by atoms with Gasteiger partial charge in [0.2, 0.25) is 0 Å². The van der Waals surface area contributed by atoms with Gasteiger partial charge in [-0.1, -0.05) is 19.9 Å². The predicted octanol–water partition coefficient (Wildman–Crippen LogP) is 1.63. The number of ether oxygens (including phenoxy) is 1. The van der Waals surface area contributed by atoms with E-state index in [1.807, 2.05) is 0 Å². The molecule has 0 spiro atoms. The van der Waals surface area contributed by atoms with Crippen molar-refractivity contribution in [3.05, 3.63) is 0 Å². The monoisotopic (exact) mass is 183 g/mol. The third-order valence-electron chi connectivity index (χ3n) is 3.75. The van der Waals surface area contributed by atoms with Gasteiger partial charge in [0, 0.05) is 10.2 Å². The smallest absolute Gasteiger partial charge is 0.0844 e. The second-order valence-electron chi connectivity index (χ2n) is 4.96. The molecule has 2 rings (SSSR count). The van der Waals surface area contributed by atoms with E-state index in [1.165, 1.54) is 25.3 Å². The molecule has 2 fully saturated rings. The van der Waals surface area contributed by atoms with Crippen molar-refractivity contribution >= 4 is 10.2 Å². The van der Waals surface area contributed by atoms with Crippen LogP contribution in [0, 0.1) is 11.3 Å². The van der Waals surface area contributed by atoms with Gasteiger partial charge in [0.1, 0.15) is 0 Å². The van der Waals surface area contributed by atoms with Gasteiger partial charge in [-0.25, -0.2) is 0 Å². The first-order chi connectivity index (χ1) is 5.63. The van der Waals surface area contributed by atoms with Crippen molar-refractivity contribution in [2.75, 3.05) is 0 Å². The molecule has 1 aliphatic carbocycles. The van der Waals surface area contributed by atoms with E-state index in [-0.39, 0.29) is 0 Å². The van der Waals surface area contributed by atoms with Gasteiger partial charge in [0.25, 0.3) is 0 Å². The van der Waals surface area contributed by atoms with Gasteiger partial charge in [-0.2, -0.15) is 0 Å². The lowest BCUT2D eigenvalue weighted by atomic mass is 9.72. The molecule has 1 heterocycles. The van der Waals surface area contributed by atoms with Gasteiger partial charge < -0.3 is 4.74 Å². The van der Waals surface area contributed by atoms with Gasteiger partial charge in [-0.05, 0) is 30.6 Å². The zero-order valence-electron chi connectivity index (χ0n) is 8.18. The molecular formula is C10H19OSi. The maximum atomic E-state index is 5.55. The fourth-order valence-corrected chi connectivity index (χ4v) is 2.73. The molecule has 3 atom stereocenters. The summed E-state index contributed by atoms with van der Waals surface area (Å²) in [4.78, 5) is 0. The Morgan fingerprint density at radius 3 is 2.67 bits per heavy atom. The molecule has 1 saturated heterocycles. The molecule has 1 aliphatic heterocycles. The molecule has 0 amide bonds. The third-order valence-corrected chi connectivity index (χ3v) is 5.04. The second-order valence-corrected chi connectivity index (χ2v) is 5.46. The number of hydrogen-bond donors (Lipinski definition) is 0. The lowest BCUT2D eigenvalue weighted by Crippen LogP contribution is -2.28. The Labute approximate surface area is 78.3 Å². The highest BCUT2D eigenvalue weighted by atomic mass is 28.1. The minimum absolute atomic E-state index is 0.551. The average molecular weight is 183 g/mol.